The number of methoxy groups -OCH3 is 1. The monoisotopic (exact) mass is 246 g/mol. The average molecular weight is 246 g/mol. The number of hydrogen-bond donors (Lipinski definition) is 0. The third-order valence-electron chi connectivity index (χ3n) is 2.29. The third-order valence-corrected chi connectivity index (χ3v) is 3.03. The highest BCUT2D eigenvalue weighted by Gasteiger charge is 2.03. The Balaban J connectivity index is 1.90. The fraction of sp³-hybridized carbons (Fsp3) is 0.143. The van der Waals surface area contributed by atoms with Gasteiger partial charge in [0.1, 0.15) is 0 Å². The van der Waals surface area contributed by atoms with Crippen molar-refractivity contribution in [3.05, 3.63) is 60.2 Å². The summed E-state index contributed by atoms with van der Waals surface area (Å²) in [6.45, 7) is 0. The summed E-state index contributed by atoms with van der Waals surface area (Å²) in [5.74, 6) is 2.34. The van der Waals surface area contributed by atoms with Crippen molar-refractivity contribution in [3.63, 3.8) is 0 Å². The molecule has 0 aliphatic heterocycles. The van der Waals surface area contributed by atoms with E-state index in [1.165, 1.54) is 17.6 Å². The van der Waals surface area contributed by atoms with Gasteiger partial charge in [-0.25, -0.2) is 0 Å². The molecule has 0 unspecified atom stereocenters. The largest absolute Gasteiger partial charge is 0.493 e. The van der Waals surface area contributed by atoms with Crippen LogP contribution in [0, 0.1) is 0 Å². The van der Waals surface area contributed by atoms with Crippen LogP contribution in [0.2, 0.25) is 0 Å². The fourth-order valence-corrected chi connectivity index (χ4v) is 2.07. The summed E-state index contributed by atoms with van der Waals surface area (Å²) in [6, 6.07) is 17.9. The fourth-order valence-electron chi connectivity index (χ4n) is 1.42. The van der Waals surface area contributed by atoms with Crippen molar-refractivity contribution >= 4 is 12.0 Å². The van der Waals surface area contributed by atoms with Crippen molar-refractivity contribution in [1.29, 1.82) is 0 Å². The van der Waals surface area contributed by atoms with Crippen molar-refractivity contribution < 1.29 is 8.92 Å². The molecule has 0 N–H and O–H groups in total. The van der Waals surface area contributed by atoms with Gasteiger partial charge in [0.05, 0.1) is 24.9 Å². The lowest BCUT2D eigenvalue weighted by molar-refractivity contribution is 0.399. The van der Waals surface area contributed by atoms with Gasteiger partial charge in [-0.15, -0.1) is 0 Å². The van der Waals surface area contributed by atoms with Crippen molar-refractivity contribution in [2.75, 3.05) is 7.11 Å². The minimum atomic E-state index is 0.757. The van der Waals surface area contributed by atoms with E-state index in [1.807, 2.05) is 42.5 Å². The lowest BCUT2D eigenvalue weighted by Gasteiger charge is -2.08. The summed E-state index contributed by atoms with van der Waals surface area (Å²) in [6.07, 6.45) is 0. The molecule has 2 rings (SSSR count). The Morgan fingerprint density at radius 1 is 0.882 bits per heavy atom. The molecule has 2 nitrogen and oxygen atoms in total. The smallest absolute Gasteiger partial charge is 0.179 e. The zero-order valence-corrected chi connectivity index (χ0v) is 10.4. The quantitative estimate of drug-likeness (QED) is 0.745. The third kappa shape index (κ3) is 3.43. The molecule has 0 aliphatic rings. The van der Waals surface area contributed by atoms with E-state index in [0.717, 1.165) is 17.3 Å². The Bertz CT molecular complexity index is 457. The van der Waals surface area contributed by atoms with Crippen molar-refractivity contribution in [1.82, 2.24) is 0 Å². The summed E-state index contributed by atoms with van der Waals surface area (Å²) >= 11 is 1.41. The number of benzene rings is 2. The minimum absolute atomic E-state index is 0.757. The van der Waals surface area contributed by atoms with Gasteiger partial charge in [0.15, 0.2) is 11.5 Å². The maximum atomic E-state index is 5.62. The molecule has 0 spiro atoms. The van der Waals surface area contributed by atoms with E-state index in [-0.39, 0.29) is 0 Å². The maximum Gasteiger partial charge on any atom is 0.179 e. The Morgan fingerprint density at radius 3 is 2.24 bits per heavy atom. The molecule has 0 fully saturated rings. The topological polar surface area (TPSA) is 18.5 Å². The Morgan fingerprint density at radius 2 is 1.53 bits per heavy atom. The van der Waals surface area contributed by atoms with Crippen LogP contribution >= 0.6 is 12.0 Å². The molecule has 2 aromatic rings. The maximum absolute atomic E-state index is 5.62. The number of hydrogen-bond acceptors (Lipinski definition) is 3. The van der Waals surface area contributed by atoms with Crippen LogP contribution in [-0.4, -0.2) is 7.11 Å². The Kier molecular flexibility index (Phi) is 4.33. The van der Waals surface area contributed by atoms with E-state index in [4.69, 9.17) is 8.92 Å². The van der Waals surface area contributed by atoms with E-state index in [2.05, 4.69) is 12.1 Å². The molecule has 88 valence electrons. The van der Waals surface area contributed by atoms with Gasteiger partial charge in [-0.3, -0.25) is 0 Å². The minimum Gasteiger partial charge on any atom is -0.493 e. The lowest BCUT2D eigenvalue weighted by Crippen LogP contribution is -1.89. The van der Waals surface area contributed by atoms with Gasteiger partial charge >= 0.3 is 0 Å². The van der Waals surface area contributed by atoms with Crippen LogP contribution in [0.4, 0.5) is 0 Å². The van der Waals surface area contributed by atoms with Gasteiger partial charge in [-0.05, 0) is 17.7 Å². The van der Waals surface area contributed by atoms with Crippen LogP contribution < -0.4 is 8.92 Å². The van der Waals surface area contributed by atoms with Gasteiger partial charge in [-0.1, -0.05) is 42.5 Å². The van der Waals surface area contributed by atoms with Crippen LogP contribution in [0.15, 0.2) is 54.6 Å². The predicted molar refractivity (Wildman–Crippen MR) is 71.4 cm³/mol. The summed E-state index contributed by atoms with van der Waals surface area (Å²) in [4.78, 5) is 0. The molecule has 0 amide bonds. The summed E-state index contributed by atoms with van der Waals surface area (Å²) in [5.41, 5.74) is 1.24. The first kappa shape index (κ1) is 11.9. The molecule has 2 aromatic carbocycles. The second-order valence-corrected chi connectivity index (χ2v) is 4.17. The van der Waals surface area contributed by atoms with Crippen molar-refractivity contribution in [3.8, 4) is 11.5 Å². The number of ether oxygens (including phenoxy) is 1. The predicted octanol–water partition coefficient (Wildman–Crippen LogP) is 3.92. The van der Waals surface area contributed by atoms with Crippen LogP contribution in [0.1, 0.15) is 5.56 Å². The van der Waals surface area contributed by atoms with Crippen molar-refractivity contribution in [2.45, 2.75) is 5.75 Å². The molecule has 0 aromatic heterocycles. The highest BCUT2D eigenvalue weighted by molar-refractivity contribution is 7.94. The Hall–Kier alpha value is -1.61. The first-order chi connectivity index (χ1) is 8.40. The van der Waals surface area contributed by atoms with Crippen LogP contribution in [-0.2, 0) is 5.75 Å². The zero-order valence-electron chi connectivity index (χ0n) is 9.63. The van der Waals surface area contributed by atoms with E-state index in [9.17, 15) is 0 Å². The molecular formula is C14H14O2S. The number of para-hydroxylation sites is 2. The summed E-state index contributed by atoms with van der Waals surface area (Å²) in [5, 5.41) is 0. The second-order valence-electron chi connectivity index (χ2n) is 3.48. The van der Waals surface area contributed by atoms with Gasteiger partial charge in [0.2, 0.25) is 0 Å². The van der Waals surface area contributed by atoms with Gasteiger partial charge < -0.3 is 8.92 Å². The molecule has 0 heterocycles. The zero-order chi connectivity index (χ0) is 11.9. The van der Waals surface area contributed by atoms with Crippen LogP contribution in [0.5, 0.6) is 11.5 Å². The Labute approximate surface area is 106 Å². The van der Waals surface area contributed by atoms with Crippen LogP contribution in [0.3, 0.4) is 0 Å². The highest BCUT2D eigenvalue weighted by atomic mass is 32.2. The van der Waals surface area contributed by atoms with Gasteiger partial charge in [0, 0.05) is 0 Å². The van der Waals surface area contributed by atoms with Crippen molar-refractivity contribution in [2.24, 2.45) is 0 Å². The standard InChI is InChI=1S/C14H14O2S/c1-15-13-9-5-6-10-14(13)16-17-11-12-7-3-2-4-8-12/h2-10H,11H2,1H3. The van der Waals surface area contributed by atoms with Crippen LogP contribution in [0.25, 0.3) is 0 Å². The van der Waals surface area contributed by atoms with E-state index in [0.29, 0.717) is 0 Å². The first-order valence-corrected chi connectivity index (χ1v) is 6.27. The molecule has 0 atom stereocenters. The molecule has 0 radical (unpaired) electrons. The molecule has 0 saturated carbocycles. The molecule has 0 aliphatic carbocycles. The highest BCUT2D eigenvalue weighted by Crippen LogP contribution is 2.29. The van der Waals surface area contributed by atoms with Gasteiger partial charge in [0.25, 0.3) is 0 Å². The number of rotatable bonds is 5. The van der Waals surface area contributed by atoms with E-state index < -0.39 is 0 Å². The molecule has 3 heteroatoms. The summed E-state index contributed by atoms with van der Waals surface area (Å²) in [7, 11) is 1.64. The van der Waals surface area contributed by atoms with E-state index >= 15 is 0 Å². The normalized spacial score (nSPS) is 9.94. The molecule has 17 heavy (non-hydrogen) atoms. The lowest BCUT2D eigenvalue weighted by atomic mass is 10.2. The SMILES string of the molecule is COc1ccccc1OSCc1ccccc1. The van der Waals surface area contributed by atoms with Gasteiger partial charge in [-0.2, -0.15) is 0 Å². The molecule has 0 saturated heterocycles. The first-order valence-electron chi connectivity index (χ1n) is 5.36. The summed E-state index contributed by atoms with van der Waals surface area (Å²) < 4.78 is 10.8. The molecular weight excluding hydrogens is 232 g/mol. The average Bonchev–Trinajstić information content (AvgIpc) is 2.40. The molecule has 0 bridgehead atoms. The second kappa shape index (κ2) is 6.21. The van der Waals surface area contributed by atoms with E-state index in [1.54, 1.807) is 7.11 Å².